The molecule has 9 heteroatoms. The molecule has 0 saturated heterocycles. The molecule has 26 aromatic rings. The molecular weight excluding hydrogens is 1650 g/mol. The fraction of sp³-hybridized carbons (Fsp3) is 0. The molecule has 9 nitrogen and oxygen atoms in total. The first-order valence-corrected chi connectivity index (χ1v) is 45.8. The molecule has 0 amide bonds. The molecule has 0 spiro atoms. The van der Waals surface area contributed by atoms with Crippen molar-refractivity contribution in [2.75, 3.05) is 19.6 Å². The van der Waals surface area contributed by atoms with Gasteiger partial charge in [0.25, 0.3) is 0 Å². The molecular formula is C126H78N4O5. The molecule has 2 aliphatic heterocycles. The number of hydrogen-bond acceptors (Lipinski definition) is 9. The van der Waals surface area contributed by atoms with Crippen LogP contribution in [0.2, 0.25) is 0 Å². The van der Waals surface area contributed by atoms with E-state index in [2.05, 4.69) is 456 Å². The van der Waals surface area contributed by atoms with E-state index in [9.17, 15) is 0 Å². The Hall–Kier alpha value is -18.2. The molecule has 0 radical (unpaired) electrons. The van der Waals surface area contributed by atoms with Crippen molar-refractivity contribution in [3.8, 4) is 67.5 Å². The van der Waals surface area contributed by atoms with Crippen molar-refractivity contribution >= 4 is 199 Å². The van der Waals surface area contributed by atoms with Crippen LogP contribution in [0.15, 0.2) is 486 Å². The number of ether oxygens (including phenoxy) is 2. The first-order chi connectivity index (χ1) is 67.0. The first kappa shape index (κ1) is 76.8. The second kappa shape index (κ2) is 31.3. The van der Waals surface area contributed by atoms with E-state index in [4.69, 9.17) is 22.7 Å². The van der Waals surface area contributed by atoms with Gasteiger partial charge in [0.1, 0.15) is 45.3 Å². The van der Waals surface area contributed by atoms with Crippen molar-refractivity contribution in [1.29, 1.82) is 0 Å². The number of anilines is 12. The SMILES string of the molecule is c1ccc(-c2ccccc2N(c2ccc3c(c2)Oc2cccc4c2c-3cc2c3ccccc3c(N(c3ccccc3)c3ccccc3)cc42)c2cccc3c2oc2ccccc23)cc1.c1ccc(-c2ccccc2N(c2ccc3oc4ccccc4c3c2)c2cc3c4cccc5c4c(cc3c3ccccc23)-c2ccc(N(c3ccccc3)c3cccc4c3oc3ccccc34)cc2O5)cc1. The van der Waals surface area contributed by atoms with Gasteiger partial charge in [-0.1, -0.05) is 303 Å². The topological polar surface area (TPSA) is 70.8 Å². The van der Waals surface area contributed by atoms with Gasteiger partial charge in [-0.2, -0.15) is 0 Å². The largest absolute Gasteiger partial charge is 0.456 e. The molecule has 0 saturated carbocycles. The average Bonchev–Trinajstić information content (AvgIpc) is 1.54. The van der Waals surface area contributed by atoms with Gasteiger partial charge >= 0.3 is 0 Å². The average molecular weight is 1730 g/mol. The number of hydrogen-bond donors (Lipinski definition) is 0. The van der Waals surface area contributed by atoms with Gasteiger partial charge in [-0.3, -0.25) is 0 Å². The summed E-state index contributed by atoms with van der Waals surface area (Å²) in [6.45, 7) is 0. The van der Waals surface area contributed by atoms with Crippen molar-refractivity contribution in [2.45, 2.75) is 0 Å². The van der Waals surface area contributed by atoms with E-state index in [0.717, 1.165) is 234 Å². The molecule has 135 heavy (non-hydrogen) atoms. The summed E-state index contributed by atoms with van der Waals surface area (Å²) in [6.07, 6.45) is 0. The fourth-order valence-corrected chi connectivity index (χ4v) is 21.3. The van der Waals surface area contributed by atoms with Gasteiger partial charge in [0.15, 0.2) is 11.2 Å². The second-order valence-electron chi connectivity index (χ2n) is 34.7. The predicted molar refractivity (Wildman–Crippen MR) is 560 cm³/mol. The maximum atomic E-state index is 7.06. The van der Waals surface area contributed by atoms with Crippen molar-refractivity contribution in [1.82, 2.24) is 0 Å². The summed E-state index contributed by atoms with van der Waals surface area (Å²) < 4.78 is 33.9. The number of nitrogens with zero attached hydrogens (tertiary/aromatic N) is 4. The Bertz CT molecular complexity index is 9260. The highest BCUT2D eigenvalue weighted by atomic mass is 16.5. The van der Waals surface area contributed by atoms with E-state index in [1.54, 1.807) is 0 Å². The highest BCUT2D eigenvalue weighted by Crippen LogP contribution is 2.58. The van der Waals surface area contributed by atoms with Gasteiger partial charge in [-0.05, 0) is 223 Å². The molecule has 2 aliphatic rings. The fourth-order valence-electron chi connectivity index (χ4n) is 21.3. The standard InChI is InChI=1S/C66H40N2O3.C60H38N2O2/c1-3-17-41(18-4-1)45-21-9-12-28-57(45)68(43-34-36-62-55(37-43)49-25-11-13-30-60(49)69-62)59-40-54-51-26-16-32-63-65(51)56(39-53(54)46-22-7-8-23-47(46)59)50-35-33-44(38-64(50)70-63)67(42-19-5-2-6-20-42)58-29-15-27-52-48-24-10-14-31-61(48)71-66(52)58;1-4-18-39(19-5-1)43-24-12-14-30-53(43)62(54-31-16-29-49-46-27-13-15-32-56(46)64-60(49)54)42-34-35-47-52-37-50-44-25-10-11-26-45(44)55(61(40-20-6-2-7-21-40)41-22-8-3-9-23-41)38-51(50)48-28-17-33-57(59(48)52)63-58(47)36-42/h1-40H;1-38H. The second-order valence-corrected chi connectivity index (χ2v) is 34.7. The van der Waals surface area contributed by atoms with Crippen LogP contribution < -0.4 is 29.1 Å². The summed E-state index contributed by atoms with van der Waals surface area (Å²) in [5, 5.41) is 20.4. The third-order valence-corrected chi connectivity index (χ3v) is 27.2. The number of fused-ring (bicyclic) bond motifs is 21. The number of rotatable bonds is 14. The smallest absolute Gasteiger partial charge is 0.159 e. The molecule has 0 bridgehead atoms. The van der Waals surface area contributed by atoms with Crippen LogP contribution in [0.4, 0.5) is 68.2 Å². The van der Waals surface area contributed by atoms with E-state index in [0.29, 0.717) is 0 Å². The first-order valence-electron chi connectivity index (χ1n) is 45.8. The van der Waals surface area contributed by atoms with Crippen molar-refractivity contribution in [2.24, 2.45) is 0 Å². The minimum absolute atomic E-state index is 0.798. The third-order valence-electron chi connectivity index (χ3n) is 27.2. The normalized spacial score (nSPS) is 12.0. The van der Waals surface area contributed by atoms with Crippen LogP contribution in [0, 0.1) is 0 Å². The third kappa shape index (κ3) is 12.5. The van der Waals surface area contributed by atoms with Gasteiger partial charge in [-0.15, -0.1) is 0 Å². The predicted octanol–water partition coefficient (Wildman–Crippen LogP) is 36.7. The summed E-state index contributed by atoms with van der Waals surface area (Å²) in [4.78, 5) is 9.42. The summed E-state index contributed by atoms with van der Waals surface area (Å²) in [5.74, 6) is 3.27. The molecule has 632 valence electrons. The van der Waals surface area contributed by atoms with E-state index in [1.165, 1.54) is 32.3 Å². The number of para-hydroxylation sites is 10. The number of furan rings is 3. The minimum Gasteiger partial charge on any atom is -0.456 e. The lowest BCUT2D eigenvalue weighted by Gasteiger charge is -2.30. The van der Waals surface area contributed by atoms with Gasteiger partial charge in [0, 0.05) is 111 Å². The molecule has 5 heterocycles. The van der Waals surface area contributed by atoms with Gasteiger partial charge in [-0.25, -0.2) is 0 Å². The Morgan fingerprint density at radius 3 is 0.941 bits per heavy atom. The molecule has 3 aromatic heterocycles. The molecule has 23 aromatic carbocycles. The lowest BCUT2D eigenvalue weighted by atomic mass is 9.88. The van der Waals surface area contributed by atoms with Gasteiger partial charge < -0.3 is 42.3 Å². The van der Waals surface area contributed by atoms with Crippen LogP contribution in [0.3, 0.4) is 0 Å². The molecule has 0 atom stereocenters. The van der Waals surface area contributed by atoms with E-state index in [1.807, 2.05) is 36.4 Å². The summed E-state index contributed by atoms with van der Waals surface area (Å²) >= 11 is 0. The minimum atomic E-state index is 0.798. The molecule has 0 N–H and O–H groups in total. The maximum Gasteiger partial charge on any atom is 0.159 e. The Balaban J connectivity index is 0.000000138. The van der Waals surface area contributed by atoms with Crippen LogP contribution in [0.1, 0.15) is 0 Å². The van der Waals surface area contributed by atoms with E-state index >= 15 is 0 Å². The summed E-state index contributed by atoms with van der Waals surface area (Å²) in [6, 6.07) is 168. The van der Waals surface area contributed by atoms with Gasteiger partial charge in [0.2, 0.25) is 0 Å². The Morgan fingerprint density at radius 2 is 0.459 bits per heavy atom. The Kier molecular flexibility index (Phi) is 17.8. The molecule has 28 rings (SSSR count). The zero-order chi connectivity index (χ0) is 88.7. The monoisotopic (exact) mass is 1730 g/mol. The summed E-state index contributed by atoms with van der Waals surface area (Å²) in [5.41, 5.74) is 26.4. The molecule has 0 unspecified atom stereocenters. The lowest BCUT2D eigenvalue weighted by Crippen LogP contribution is -2.12. The zero-order valence-electron chi connectivity index (χ0n) is 72.9. The Morgan fingerprint density at radius 1 is 0.141 bits per heavy atom. The quantitative estimate of drug-likeness (QED) is 0.0990. The van der Waals surface area contributed by atoms with Gasteiger partial charge in [0.05, 0.1) is 45.5 Å². The van der Waals surface area contributed by atoms with Crippen LogP contribution in [0.5, 0.6) is 23.0 Å². The molecule has 0 fully saturated rings. The summed E-state index contributed by atoms with van der Waals surface area (Å²) in [7, 11) is 0. The van der Waals surface area contributed by atoms with Crippen molar-refractivity contribution < 1.29 is 22.7 Å². The highest BCUT2D eigenvalue weighted by molar-refractivity contribution is 6.28. The van der Waals surface area contributed by atoms with Crippen LogP contribution in [-0.2, 0) is 0 Å². The van der Waals surface area contributed by atoms with Crippen LogP contribution in [-0.4, -0.2) is 0 Å². The number of benzene rings is 23. The van der Waals surface area contributed by atoms with Crippen LogP contribution in [0.25, 0.3) is 175 Å². The lowest BCUT2D eigenvalue weighted by molar-refractivity contribution is 0.487. The Labute approximate surface area is 776 Å². The van der Waals surface area contributed by atoms with Crippen molar-refractivity contribution in [3.05, 3.63) is 473 Å². The van der Waals surface area contributed by atoms with E-state index in [-0.39, 0.29) is 0 Å². The zero-order valence-corrected chi connectivity index (χ0v) is 72.9. The van der Waals surface area contributed by atoms with Crippen LogP contribution >= 0.6 is 0 Å². The molecule has 0 aliphatic carbocycles. The van der Waals surface area contributed by atoms with Crippen molar-refractivity contribution in [3.63, 3.8) is 0 Å². The van der Waals surface area contributed by atoms with E-state index < -0.39 is 0 Å². The maximum absolute atomic E-state index is 7.06. The highest BCUT2D eigenvalue weighted by Gasteiger charge is 2.32.